The third-order valence-electron chi connectivity index (χ3n) is 5.52. The highest BCUT2D eigenvalue weighted by Crippen LogP contribution is 2.25. The van der Waals surface area contributed by atoms with Gasteiger partial charge in [0.2, 0.25) is 10.0 Å². The predicted octanol–water partition coefficient (Wildman–Crippen LogP) is 3.10. The Kier molecular flexibility index (Phi) is 6.12. The van der Waals surface area contributed by atoms with E-state index in [1.165, 1.54) is 32.0 Å². The van der Waals surface area contributed by atoms with Gasteiger partial charge in [-0.1, -0.05) is 25.1 Å². The van der Waals surface area contributed by atoms with Gasteiger partial charge >= 0.3 is 0 Å². The average molecular weight is 369 g/mol. The third kappa shape index (κ3) is 5.02. The fourth-order valence-corrected chi connectivity index (χ4v) is 5.67. The van der Waals surface area contributed by atoms with Crippen LogP contribution in [0.1, 0.15) is 38.2 Å². The van der Waals surface area contributed by atoms with Crippen molar-refractivity contribution in [1.82, 2.24) is 9.21 Å². The number of hydrogen-bond acceptors (Lipinski definition) is 3. The predicted molar refractivity (Wildman–Crippen MR) is 98.2 cm³/mol. The van der Waals surface area contributed by atoms with Crippen LogP contribution in [-0.4, -0.2) is 50.3 Å². The van der Waals surface area contributed by atoms with Gasteiger partial charge in [0.15, 0.2) is 0 Å². The van der Waals surface area contributed by atoms with Crippen LogP contribution >= 0.6 is 0 Å². The monoisotopic (exact) mass is 368 g/mol. The van der Waals surface area contributed by atoms with Crippen LogP contribution in [0.3, 0.4) is 0 Å². The molecule has 2 saturated heterocycles. The van der Waals surface area contributed by atoms with E-state index in [0.29, 0.717) is 19.0 Å². The summed E-state index contributed by atoms with van der Waals surface area (Å²) in [7, 11) is -3.44. The van der Waals surface area contributed by atoms with Crippen LogP contribution in [0.25, 0.3) is 0 Å². The van der Waals surface area contributed by atoms with Gasteiger partial charge < -0.3 is 4.90 Å². The summed E-state index contributed by atoms with van der Waals surface area (Å²) in [5, 5.41) is 0. The Bertz CT molecular complexity index is 672. The van der Waals surface area contributed by atoms with E-state index in [0.717, 1.165) is 25.3 Å². The van der Waals surface area contributed by atoms with Crippen molar-refractivity contribution in [3.8, 4) is 0 Å². The highest BCUT2D eigenvalue weighted by molar-refractivity contribution is 7.88. The maximum atomic E-state index is 13.8. The quantitative estimate of drug-likeness (QED) is 0.802. The first-order chi connectivity index (χ1) is 11.9. The van der Waals surface area contributed by atoms with Crippen molar-refractivity contribution < 1.29 is 12.8 Å². The zero-order valence-corrected chi connectivity index (χ0v) is 15.8. The smallest absolute Gasteiger partial charge is 0.218 e. The van der Waals surface area contributed by atoms with Gasteiger partial charge in [-0.2, -0.15) is 0 Å². The number of rotatable bonds is 5. The van der Waals surface area contributed by atoms with Crippen molar-refractivity contribution in [2.45, 2.75) is 38.4 Å². The number of hydrogen-bond donors (Lipinski definition) is 0. The summed E-state index contributed by atoms with van der Waals surface area (Å²) in [4.78, 5) is 2.54. The number of benzene rings is 1. The zero-order chi connectivity index (χ0) is 17.9. The Hall–Kier alpha value is -0.980. The Balaban J connectivity index is 1.52. The Morgan fingerprint density at radius 3 is 2.52 bits per heavy atom. The van der Waals surface area contributed by atoms with Crippen LogP contribution in [0.4, 0.5) is 4.39 Å². The molecule has 2 aliphatic heterocycles. The molecule has 0 amide bonds. The standard InChI is InChI=1S/C19H29FN2O2S/c1-16-5-4-10-21(13-16)14-17-8-11-22(12-9-17)25(23,24)15-18-6-2-3-7-19(18)20/h2-3,6-7,16-17H,4-5,8-15H2,1H3/t16-/m1/s1. The summed E-state index contributed by atoms with van der Waals surface area (Å²) in [5.41, 5.74) is 0.256. The lowest BCUT2D eigenvalue weighted by molar-refractivity contribution is 0.136. The first-order valence-corrected chi connectivity index (χ1v) is 11.0. The normalized spacial score (nSPS) is 24.5. The Morgan fingerprint density at radius 2 is 1.84 bits per heavy atom. The molecule has 4 nitrogen and oxygen atoms in total. The molecule has 3 rings (SSSR count). The van der Waals surface area contributed by atoms with E-state index in [9.17, 15) is 12.8 Å². The summed E-state index contributed by atoms with van der Waals surface area (Å²) >= 11 is 0. The van der Waals surface area contributed by atoms with Crippen LogP contribution in [0.5, 0.6) is 0 Å². The van der Waals surface area contributed by atoms with Crippen molar-refractivity contribution in [3.05, 3.63) is 35.6 Å². The first-order valence-electron chi connectivity index (χ1n) is 9.37. The van der Waals surface area contributed by atoms with Gasteiger partial charge in [0.05, 0.1) is 5.75 Å². The molecular formula is C19H29FN2O2S. The minimum Gasteiger partial charge on any atom is -0.303 e. The summed E-state index contributed by atoms with van der Waals surface area (Å²) in [6.07, 6.45) is 4.41. The van der Waals surface area contributed by atoms with E-state index >= 15 is 0 Å². The maximum absolute atomic E-state index is 13.8. The second-order valence-corrected chi connectivity index (χ2v) is 9.67. The molecule has 0 bridgehead atoms. The maximum Gasteiger partial charge on any atom is 0.218 e. The largest absolute Gasteiger partial charge is 0.303 e. The Labute approximate surface area is 151 Å². The number of sulfonamides is 1. The number of nitrogens with zero attached hydrogens (tertiary/aromatic N) is 2. The van der Waals surface area contributed by atoms with Gasteiger partial charge in [-0.3, -0.25) is 0 Å². The van der Waals surface area contributed by atoms with Crippen LogP contribution in [0.15, 0.2) is 24.3 Å². The third-order valence-corrected chi connectivity index (χ3v) is 7.35. The zero-order valence-electron chi connectivity index (χ0n) is 15.0. The van der Waals surface area contributed by atoms with Crippen molar-refractivity contribution in [1.29, 1.82) is 0 Å². The van der Waals surface area contributed by atoms with E-state index in [4.69, 9.17) is 0 Å². The van der Waals surface area contributed by atoms with E-state index in [1.54, 1.807) is 22.5 Å². The number of halogens is 1. The molecule has 140 valence electrons. The molecular weight excluding hydrogens is 339 g/mol. The first kappa shape index (κ1) is 18.8. The average Bonchev–Trinajstić information content (AvgIpc) is 2.57. The topological polar surface area (TPSA) is 40.6 Å². The lowest BCUT2D eigenvalue weighted by Gasteiger charge is -2.37. The van der Waals surface area contributed by atoms with E-state index in [1.807, 2.05) is 0 Å². The molecule has 0 radical (unpaired) electrons. The second kappa shape index (κ2) is 8.14. The van der Waals surface area contributed by atoms with Crippen LogP contribution in [0, 0.1) is 17.7 Å². The molecule has 2 fully saturated rings. The highest BCUT2D eigenvalue weighted by Gasteiger charge is 2.30. The highest BCUT2D eigenvalue weighted by atomic mass is 32.2. The lowest BCUT2D eigenvalue weighted by Crippen LogP contribution is -2.43. The van der Waals surface area contributed by atoms with Gasteiger partial charge in [-0.05, 0) is 50.1 Å². The fourth-order valence-electron chi connectivity index (χ4n) is 4.09. The van der Waals surface area contributed by atoms with Gasteiger partial charge in [-0.15, -0.1) is 0 Å². The molecule has 25 heavy (non-hydrogen) atoms. The van der Waals surface area contributed by atoms with Crippen molar-refractivity contribution >= 4 is 10.0 Å². The molecule has 2 aliphatic rings. The molecule has 1 atom stereocenters. The number of piperidine rings is 2. The van der Waals surface area contributed by atoms with Crippen molar-refractivity contribution in [2.75, 3.05) is 32.7 Å². The summed E-state index contributed by atoms with van der Waals surface area (Å²) < 4.78 is 40.5. The molecule has 0 N–H and O–H groups in total. The SMILES string of the molecule is C[C@@H]1CCCN(CC2CCN(S(=O)(=O)Cc3ccccc3F)CC2)C1. The van der Waals surface area contributed by atoms with Gasteiger partial charge in [0.1, 0.15) is 5.82 Å². The molecule has 1 aromatic rings. The van der Waals surface area contributed by atoms with E-state index < -0.39 is 15.8 Å². The molecule has 0 spiro atoms. The summed E-state index contributed by atoms with van der Waals surface area (Å²) in [6, 6.07) is 6.13. The van der Waals surface area contributed by atoms with E-state index in [-0.39, 0.29) is 11.3 Å². The van der Waals surface area contributed by atoms with Crippen LogP contribution in [-0.2, 0) is 15.8 Å². The molecule has 2 heterocycles. The molecule has 1 aromatic carbocycles. The molecule has 0 aliphatic carbocycles. The van der Waals surface area contributed by atoms with Crippen molar-refractivity contribution in [2.24, 2.45) is 11.8 Å². The van der Waals surface area contributed by atoms with Gasteiger partial charge in [0.25, 0.3) is 0 Å². The Morgan fingerprint density at radius 1 is 1.12 bits per heavy atom. The summed E-state index contributed by atoms with van der Waals surface area (Å²) in [5.74, 6) is 0.661. The molecule has 0 aromatic heterocycles. The van der Waals surface area contributed by atoms with Crippen LogP contribution < -0.4 is 0 Å². The van der Waals surface area contributed by atoms with Crippen molar-refractivity contribution in [3.63, 3.8) is 0 Å². The van der Waals surface area contributed by atoms with Gasteiger partial charge in [0, 0.05) is 31.7 Å². The molecule has 6 heteroatoms. The lowest BCUT2D eigenvalue weighted by atomic mass is 9.94. The minimum atomic E-state index is -3.44. The van der Waals surface area contributed by atoms with Crippen LogP contribution in [0.2, 0.25) is 0 Å². The molecule has 0 saturated carbocycles. The fraction of sp³-hybridized carbons (Fsp3) is 0.684. The summed E-state index contributed by atoms with van der Waals surface area (Å²) in [6.45, 7) is 6.87. The molecule has 0 unspecified atom stereocenters. The van der Waals surface area contributed by atoms with Gasteiger partial charge in [-0.25, -0.2) is 17.1 Å². The number of likely N-dealkylation sites (tertiary alicyclic amines) is 1. The minimum absolute atomic E-state index is 0.242. The second-order valence-electron chi connectivity index (χ2n) is 7.70. The van der Waals surface area contributed by atoms with E-state index in [2.05, 4.69) is 11.8 Å².